The Morgan fingerprint density at radius 3 is 2.54 bits per heavy atom. The molecule has 1 aromatic heterocycles. The van der Waals surface area contributed by atoms with Crippen molar-refractivity contribution in [2.75, 3.05) is 19.7 Å². The Kier molecular flexibility index (Phi) is 10.6. The minimum Gasteiger partial charge on any atom is -0.494 e. The fourth-order valence-electron chi connectivity index (χ4n) is 2.11. The van der Waals surface area contributed by atoms with Crippen molar-refractivity contribution < 1.29 is 17.9 Å². The van der Waals surface area contributed by atoms with Gasteiger partial charge < -0.3 is 15.4 Å². The van der Waals surface area contributed by atoms with E-state index in [2.05, 4.69) is 20.6 Å². The zero-order valence-electron chi connectivity index (χ0n) is 15.7. The first kappa shape index (κ1) is 24.5. The number of aryl methyl sites for hydroxylation is 1. The van der Waals surface area contributed by atoms with Crippen molar-refractivity contribution in [2.45, 2.75) is 33.0 Å². The van der Waals surface area contributed by atoms with Crippen LogP contribution in [0.3, 0.4) is 0 Å². The molecule has 0 atom stereocenters. The van der Waals surface area contributed by atoms with Crippen LogP contribution in [0.4, 0.5) is 13.2 Å². The highest BCUT2D eigenvalue weighted by Crippen LogP contribution is 2.30. The van der Waals surface area contributed by atoms with Gasteiger partial charge in [0, 0.05) is 18.5 Å². The Bertz CT molecular complexity index is 735. The van der Waals surface area contributed by atoms with Crippen LogP contribution in [0, 0.1) is 6.92 Å². The molecule has 0 radical (unpaired) electrons. The molecule has 0 aliphatic heterocycles. The molecule has 0 saturated heterocycles. The van der Waals surface area contributed by atoms with E-state index in [-0.39, 0.29) is 30.5 Å². The van der Waals surface area contributed by atoms with E-state index in [1.54, 1.807) is 0 Å². The van der Waals surface area contributed by atoms with Crippen molar-refractivity contribution in [3.8, 4) is 5.75 Å². The minimum atomic E-state index is -4.42. The predicted molar refractivity (Wildman–Crippen MR) is 117 cm³/mol. The number of benzene rings is 1. The number of nitrogens with zero attached hydrogens (tertiary/aromatic N) is 2. The normalized spacial score (nSPS) is 11.7. The molecule has 0 unspecified atom stereocenters. The average Bonchev–Trinajstić information content (AvgIpc) is 3.10. The molecule has 5 nitrogen and oxygen atoms in total. The molecule has 1 heterocycles. The first-order chi connectivity index (χ1) is 12.9. The second kappa shape index (κ2) is 12.1. The molecule has 0 aliphatic rings. The van der Waals surface area contributed by atoms with Crippen LogP contribution in [0.1, 0.15) is 29.6 Å². The summed E-state index contributed by atoms with van der Waals surface area (Å²) in [5.41, 5.74) is 0.307. The second-order valence-corrected chi connectivity index (χ2v) is 6.70. The lowest BCUT2D eigenvalue weighted by molar-refractivity contribution is -0.140. The highest BCUT2D eigenvalue weighted by Gasteiger charge is 2.33. The second-order valence-electron chi connectivity index (χ2n) is 5.76. The first-order valence-electron chi connectivity index (χ1n) is 8.61. The van der Waals surface area contributed by atoms with Gasteiger partial charge in [0.25, 0.3) is 0 Å². The third-order valence-electron chi connectivity index (χ3n) is 3.46. The Morgan fingerprint density at radius 2 is 1.93 bits per heavy atom. The molecule has 1 aromatic carbocycles. The number of guanidine groups is 1. The number of nitrogens with one attached hydrogen (secondary N) is 2. The third-order valence-corrected chi connectivity index (χ3v) is 4.30. The maximum Gasteiger partial charge on any atom is 0.434 e. The fraction of sp³-hybridized carbons (Fsp3) is 0.444. The Labute approximate surface area is 183 Å². The van der Waals surface area contributed by atoms with Gasteiger partial charge in [-0.05, 0) is 32.4 Å². The van der Waals surface area contributed by atoms with E-state index in [0.29, 0.717) is 30.7 Å². The molecule has 0 fully saturated rings. The molecule has 156 valence electrons. The third kappa shape index (κ3) is 8.63. The smallest absolute Gasteiger partial charge is 0.434 e. The van der Waals surface area contributed by atoms with E-state index >= 15 is 0 Å². The Morgan fingerprint density at radius 1 is 1.21 bits per heavy atom. The number of halogens is 4. The maximum atomic E-state index is 12.6. The minimum absolute atomic E-state index is 0. The highest BCUT2D eigenvalue weighted by molar-refractivity contribution is 14.0. The summed E-state index contributed by atoms with van der Waals surface area (Å²) in [5.74, 6) is 1.36. The summed E-state index contributed by atoms with van der Waals surface area (Å²) in [5, 5.41) is 7.52. The zero-order chi connectivity index (χ0) is 19.7. The van der Waals surface area contributed by atoms with E-state index in [0.717, 1.165) is 28.9 Å². The molecular weight excluding hydrogens is 504 g/mol. The summed E-state index contributed by atoms with van der Waals surface area (Å²) in [7, 11) is 0. The molecule has 0 spiro atoms. The van der Waals surface area contributed by atoms with E-state index in [9.17, 15) is 13.2 Å². The summed E-state index contributed by atoms with van der Waals surface area (Å²) in [4.78, 5) is 7.85. The van der Waals surface area contributed by atoms with Gasteiger partial charge >= 0.3 is 6.18 Å². The summed E-state index contributed by atoms with van der Waals surface area (Å²) in [6, 6.07) is 7.84. The van der Waals surface area contributed by atoms with E-state index in [1.807, 2.05) is 38.1 Å². The largest absolute Gasteiger partial charge is 0.494 e. The van der Waals surface area contributed by atoms with Crippen LogP contribution >= 0.6 is 35.3 Å². The molecule has 2 N–H and O–H groups in total. The molecule has 0 saturated carbocycles. The number of hydrogen-bond acceptors (Lipinski definition) is 4. The van der Waals surface area contributed by atoms with Gasteiger partial charge in [-0.3, -0.25) is 0 Å². The van der Waals surface area contributed by atoms with Gasteiger partial charge in [0.05, 0.1) is 13.2 Å². The van der Waals surface area contributed by atoms with Gasteiger partial charge in [-0.1, -0.05) is 17.7 Å². The number of alkyl halides is 3. The molecule has 0 aliphatic carbocycles. The number of rotatable bonds is 8. The lowest BCUT2D eigenvalue weighted by atomic mass is 10.2. The van der Waals surface area contributed by atoms with Gasteiger partial charge in [-0.25, -0.2) is 9.98 Å². The summed E-state index contributed by atoms with van der Waals surface area (Å²) < 4.78 is 43.4. The number of aromatic nitrogens is 1. The number of aliphatic imine (C=N–C) groups is 1. The standard InChI is InChI=1S/C18H23F3N4OS.HI/c1-3-22-17(24-11-16-25-15(12-27-16)18(19,20)21)23-9-4-10-26-14-7-5-13(2)6-8-14;/h5-8,12H,3-4,9-11H2,1-2H3,(H2,22,23,24);1H. The van der Waals surface area contributed by atoms with Crippen LogP contribution in [-0.4, -0.2) is 30.6 Å². The van der Waals surface area contributed by atoms with Crippen molar-refractivity contribution in [3.05, 3.63) is 45.9 Å². The molecule has 10 heteroatoms. The maximum absolute atomic E-state index is 12.6. The van der Waals surface area contributed by atoms with Crippen LogP contribution in [-0.2, 0) is 12.7 Å². The van der Waals surface area contributed by atoms with Gasteiger partial charge in [-0.2, -0.15) is 13.2 Å². The van der Waals surface area contributed by atoms with E-state index in [4.69, 9.17) is 4.74 Å². The van der Waals surface area contributed by atoms with Crippen molar-refractivity contribution >= 4 is 41.3 Å². The van der Waals surface area contributed by atoms with E-state index < -0.39 is 11.9 Å². The number of hydrogen-bond donors (Lipinski definition) is 2. The van der Waals surface area contributed by atoms with Crippen molar-refractivity contribution in [1.29, 1.82) is 0 Å². The Balaban J connectivity index is 0.00000392. The molecule has 2 aromatic rings. The quantitative estimate of drug-likeness (QED) is 0.228. The van der Waals surface area contributed by atoms with E-state index in [1.165, 1.54) is 5.56 Å². The topological polar surface area (TPSA) is 58.5 Å². The van der Waals surface area contributed by atoms with Gasteiger partial charge in [0.2, 0.25) is 0 Å². The van der Waals surface area contributed by atoms with Crippen LogP contribution in [0.5, 0.6) is 5.75 Å². The van der Waals surface area contributed by atoms with Crippen molar-refractivity contribution in [2.24, 2.45) is 4.99 Å². The van der Waals surface area contributed by atoms with Gasteiger partial charge in [0.1, 0.15) is 10.8 Å². The van der Waals surface area contributed by atoms with Gasteiger partial charge in [0.15, 0.2) is 11.7 Å². The molecule has 0 amide bonds. The van der Waals surface area contributed by atoms with Crippen LogP contribution in [0.2, 0.25) is 0 Å². The lowest BCUT2D eigenvalue weighted by Gasteiger charge is -2.11. The summed E-state index contributed by atoms with van der Waals surface area (Å²) >= 11 is 0.953. The van der Waals surface area contributed by atoms with Crippen LogP contribution < -0.4 is 15.4 Å². The monoisotopic (exact) mass is 528 g/mol. The number of ether oxygens (including phenoxy) is 1. The SMILES string of the molecule is CCNC(=NCc1nc(C(F)(F)F)cs1)NCCCOc1ccc(C)cc1.I. The average molecular weight is 528 g/mol. The predicted octanol–water partition coefficient (Wildman–Crippen LogP) is 4.61. The zero-order valence-corrected chi connectivity index (χ0v) is 18.8. The molecule has 28 heavy (non-hydrogen) atoms. The van der Waals surface area contributed by atoms with Crippen molar-refractivity contribution in [1.82, 2.24) is 15.6 Å². The number of thiazole rings is 1. The fourth-order valence-corrected chi connectivity index (χ4v) is 2.83. The summed E-state index contributed by atoms with van der Waals surface area (Å²) in [6.07, 6.45) is -3.66. The van der Waals surface area contributed by atoms with Gasteiger partial charge in [-0.15, -0.1) is 35.3 Å². The molecular formula is C18H24F3IN4OS. The van der Waals surface area contributed by atoms with Crippen molar-refractivity contribution in [3.63, 3.8) is 0 Å². The van der Waals surface area contributed by atoms with Crippen LogP contribution in [0.25, 0.3) is 0 Å². The lowest BCUT2D eigenvalue weighted by Crippen LogP contribution is -2.38. The highest BCUT2D eigenvalue weighted by atomic mass is 127. The van der Waals surface area contributed by atoms with Crippen LogP contribution in [0.15, 0.2) is 34.6 Å². The Hall–Kier alpha value is -1.56. The first-order valence-corrected chi connectivity index (χ1v) is 9.49. The summed E-state index contributed by atoms with van der Waals surface area (Å²) in [6.45, 7) is 5.86. The molecule has 0 bridgehead atoms. The molecule has 2 rings (SSSR count).